The van der Waals surface area contributed by atoms with E-state index in [-0.39, 0.29) is 71.1 Å². The molecule has 0 saturated carbocycles. The molecule has 0 bridgehead atoms. The summed E-state index contributed by atoms with van der Waals surface area (Å²) in [5.41, 5.74) is 0. The molecule has 0 aromatic carbocycles. The Morgan fingerprint density at radius 2 is 1.57 bits per heavy atom. The van der Waals surface area contributed by atoms with Crippen LogP contribution in [0.1, 0.15) is 71.1 Å². The number of carbonyl (C=O) groups is 1. The van der Waals surface area contributed by atoms with Crippen LogP contribution >= 0.6 is 0 Å². The summed E-state index contributed by atoms with van der Waals surface area (Å²) in [5.74, 6) is 0.252. The van der Waals surface area contributed by atoms with E-state index in [9.17, 15) is 4.79 Å². The van der Waals surface area contributed by atoms with Gasteiger partial charge in [-0.1, -0.05) is 58.3 Å². The quantitative estimate of drug-likeness (QED) is 0.429. The number of hydrogen-bond donors (Lipinski definition) is 1. The predicted molar refractivity (Wildman–Crippen MR) is 101 cm³/mol. The van der Waals surface area contributed by atoms with Crippen LogP contribution in [0.4, 0.5) is 0 Å². The van der Waals surface area contributed by atoms with Crippen LogP contribution in [0.3, 0.4) is 0 Å². The van der Waals surface area contributed by atoms with Crippen molar-refractivity contribution in [3.8, 4) is 0 Å². The number of amidine groups is 1. The van der Waals surface area contributed by atoms with Crippen molar-refractivity contribution >= 4 is 70.9 Å². The van der Waals surface area contributed by atoms with Gasteiger partial charge in [-0.3, -0.25) is 9.79 Å². The number of carboxylic acids is 1. The third-order valence-corrected chi connectivity index (χ3v) is 3.86. The monoisotopic (exact) mass is 348 g/mol. The van der Waals surface area contributed by atoms with Gasteiger partial charge in [0.05, 0.1) is 12.4 Å². The van der Waals surface area contributed by atoms with E-state index < -0.39 is 5.97 Å². The zero-order chi connectivity index (χ0) is 14.6. The van der Waals surface area contributed by atoms with E-state index in [0.717, 1.165) is 31.8 Å². The summed E-state index contributed by atoms with van der Waals surface area (Å²) < 4.78 is 0. The molecule has 0 fully saturated rings. The second-order valence-corrected chi connectivity index (χ2v) is 5.69. The average molecular weight is 348 g/mol. The van der Waals surface area contributed by atoms with Gasteiger partial charge in [0.2, 0.25) is 0 Å². The fourth-order valence-electron chi connectivity index (χ4n) is 2.69. The molecule has 1 rings (SSSR count). The zero-order valence-electron chi connectivity index (χ0n) is 13.4. The van der Waals surface area contributed by atoms with Crippen molar-refractivity contribution in [1.29, 1.82) is 0 Å². The van der Waals surface area contributed by atoms with Gasteiger partial charge in [-0.15, -0.1) is 0 Å². The Bertz CT molecular complexity index is 316. The minimum absolute atomic E-state index is 0. The average Bonchev–Trinajstić information content (AvgIpc) is 2.83. The third-order valence-electron chi connectivity index (χ3n) is 3.86. The second-order valence-electron chi connectivity index (χ2n) is 5.69. The first kappa shape index (κ1) is 28.7. The Hall–Kier alpha value is 0.900. The third kappa shape index (κ3) is 14.9. The van der Waals surface area contributed by atoms with Crippen LogP contribution in [0.5, 0.6) is 0 Å². The number of unbranched alkanes of at least 4 members (excludes halogenated alkanes) is 8. The van der Waals surface area contributed by atoms with Gasteiger partial charge in [-0.2, -0.15) is 0 Å². The number of aliphatic carboxylic acids is 1. The fourth-order valence-corrected chi connectivity index (χ4v) is 2.69. The Kier molecular flexibility index (Phi) is 24.0. The van der Waals surface area contributed by atoms with Crippen LogP contribution in [0.2, 0.25) is 0 Å². The molecule has 0 spiro atoms. The van der Waals surface area contributed by atoms with Gasteiger partial charge in [0.1, 0.15) is 6.54 Å². The second kappa shape index (κ2) is 19.2. The molecule has 0 unspecified atom stereocenters. The van der Waals surface area contributed by atoms with Crippen LogP contribution < -0.4 is 0 Å². The van der Waals surface area contributed by atoms with Gasteiger partial charge in [-0.05, 0) is 6.42 Å². The van der Waals surface area contributed by atoms with Crippen LogP contribution in [0.15, 0.2) is 4.99 Å². The number of rotatable bonds is 12. The van der Waals surface area contributed by atoms with Gasteiger partial charge < -0.3 is 15.5 Å². The molecule has 0 saturated heterocycles. The normalized spacial score (nSPS) is 12.7. The molecule has 1 heterocycles. The summed E-state index contributed by atoms with van der Waals surface area (Å²) >= 11 is 0. The Balaban J connectivity index is -0.00000133. The van der Waals surface area contributed by atoms with Crippen LogP contribution in [-0.4, -0.2) is 106 Å². The zero-order valence-corrected chi connectivity index (χ0v) is 13.4. The van der Waals surface area contributed by atoms with Crippen LogP contribution in [0, 0.1) is 0 Å². The maximum atomic E-state index is 10.7. The topological polar surface area (TPSA) is 84.4 Å². The SMILES string of the molecule is CCCCCCCCCCCC1=NCCN1CC(=O)O.O.[NaH].[NaH]. The summed E-state index contributed by atoms with van der Waals surface area (Å²) in [5, 5.41) is 8.83. The van der Waals surface area contributed by atoms with E-state index in [1.165, 1.54) is 51.4 Å². The van der Waals surface area contributed by atoms with Crippen molar-refractivity contribution in [2.24, 2.45) is 4.99 Å². The number of aliphatic imine (C=N–C) groups is 1. The van der Waals surface area contributed by atoms with Gasteiger partial charge in [-0.25, -0.2) is 0 Å². The van der Waals surface area contributed by atoms with E-state index in [0.29, 0.717) is 0 Å². The Morgan fingerprint density at radius 3 is 2.09 bits per heavy atom. The summed E-state index contributed by atoms with van der Waals surface area (Å²) in [7, 11) is 0. The Morgan fingerprint density at radius 1 is 1.04 bits per heavy atom. The predicted octanol–water partition coefficient (Wildman–Crippen LogP) is 1.58. The van der Waals surface area contributed by atoms with Crippen LogP contribution in [0.25, 0.3) is 0 Å². The van der Waals surface area contributed by atoms with Crippen molar-refractivity contribution in [2.75, 3.05) is 19.6 Å². The van der Waals surface area contributed by atoms with Crippen LogP contribution in [-0.2, 0) is 4.79 Å². The number of nitrogens with zero attached hydrogens (tertiary/aromatic N) is 2. The van der Waals surface area contributed by atoms with Gasteiger partial charge in [0.25, 0.3) is 0 Å². The molecule has 0 aromatic heterocycles. The van der Waals surface area contributed by atoms with Gasteiger partial charge in [0, 0.05) is 13.0 Å². The number of hydrogen-bond acceptors (Lipinski definition) is 3. The summed E-state index contributed by atoms with van der Waals surface area (Å²) in [6.45, 7) is 3.90. The Labute approximate surface area is 185 Å². The van der Waals surface area contributed by atoms with E-state index in [2.05, 4.69) is 11.9 Å². The van der Waals surface area contributed by atoms with E-state index >= 15 is 0 Å². The standard InChI is InChI=1S/C16H30N2O2.2Na.H2O.2H/c1-2-3-4-5-6-7-8-9-10-11-15-17-12-13-18(15)14-16(19)20;;;;;/h2-14H2,1H3,(H,19,20);;;1H2;;. The van der Waals surface area contributed by atoms with E-state index in [1.54, 1.807) is 0 Å². The molecule has 1 aliphatic rings. The molecule has 0 aromatic rings. The molecular formula is C16H34N2Na2O3. The molecule has 0 aliphatic carbocycles. The minimum atomic E-state index is -0.758. The molecule has 128 valence electrons. The van der Waals surface area contributed by atoms with Crippen molar-refractivity contribution in [1.82, 2.24) is 4.90 Å². The molecule has 3 N–H and O–H groups in total. The summed E-state index contributed by atoms with van der Waals surface area (Å²) in [4.78, 5) is 17.1. The molecular weight excluding hydrogens is 314 g/mol. The molecule has 1 aliphatic heterocycles. The molecule has 23 heavy (non-hydrogen) atoms. The van der Waals surface area contributed by atoms with Crippen molar-refractivity contribution in [3.05, 3.63) is 0 Å². The van der Waals surface area contributed by atoms with E-state index in [1.807, 2.05) is 4.90 Å². The van der Waals surface area contributed by atoms with Crippen molar-refractivity contribution in [2.45, 2.75) is 71.1 Å². The van der Waals surface area contributed by atoms with Gasteiger partial charge >= 0.3 is 65.1 Å². The molecule has 5 nitrogen and oxygen atoms in total. The van der Waals surface area contributed by atoms with Crippen molar-refractivity contribution < 1.29 is 15.4 Å². The molecule has 0 radical (unpaired) electrons. The van der Waals surface area contributed by atoms with Crippen molar-refractivity contribution in [3.63, 3.8) is 0 Å². The molecule has 7 heteroatoms. The van der Waals surface area contributed by atoms with Gasteiger partial charge in [0.15, 0.2) is 0 Å². The molecule has 0 amide bonds. The fraction of sp³-hybridized carbons (Fsp3) is 0.875. The summed E-state index contributed by atoms with van der Waals surface area (Å²) in [6, 6.07) is 0. The summed E-state index contributed by atoms with van der Waals surface area (Å²) in [6.07, 6.45) is 12.8. The first-order valence-corrected chi connectivity index (χ1v) is 8.24. The number of carboxylic acid groups (broad SMARTS) is 1. The first-order valence-electron chi connectivity index (χ1n) is 8.24. The van der Waals surface area contributed by atoms with E-state index in [4.69, 9.17) is 5.11 Å². The molecule has 0 atom stereocenters. The maximum absolute atomic E-state index is 10.7. The first-order chi connectivity index (χ1) is 9.74.